The van der Waals surface area contributed by atoms with Gasteiger partial charge in [0.25, 0.3) is 0 Å². The van der Waals surface area contributed by atoms with Gasteiger partial charge >= 0.3 is 0 Å². The predicted molar refractivity (Wildman–Crippen MR) is 126 cm³/mol. The molecule has 2 aromatic heterocycles. The number of anilines is 2. The first kappa shape index (κ1) is 20.7. The number of nitrogens with one attached hydrogen (secondary N) is 1. The van der Waals surface area contributed by atoms with E-state index in [9.17, 15) is 4.39 Å². The summed E-state index contributed by atoms with van der Waals surface area (Å²) in [5, 5.41) is 5.91. The smallest absolute Gasteiger partial charge is 0.187 e. The zero-order valence-corrected chi connectivity index (χ0v) is 18.5. The fourth-order valence-electron chi connectivity index (χ4n) is 4.06. The predicted octanol–water partition coefficient (Wildman–Crippen LogP) is 6.84. The van der Waals surface area contributed by atoms with E-state index in [4.69, 9.17) is 4.74 Å². The molecule has 0 saturated heterocycles. The van der Waals surface area contributed by atoms with E-state index in [1.54, 1.807) is 18.6 Å². The summed E-state index contributed by atoms with van der Waals surface area (Å²) in [5.41, 5.74) is 3.60. The monoisotopic (exact) mass is 448 g/mol. The van der Waals surface area contributed by atoms with Crippen LogP contribution in [0.4, 0.5) is 15.2 Å². The molecular formula is C25H25FN4OS. The minimum absolute atomic E-state index is 0.318. The van der Waals surface area contributed by atoms with Crippen LogP contribution >= 0.6 is 11.3 Å². The van der Waals surface area contributed by atoms with Gasteiger partial charge in [0.1, 0.15) is 0 Å². The fourth-order valence-corrected chi connectivity index (χ4v) is 4.80. The van der Waals surface area contributed by atoms with Crippen molar-refractivity contribution >= 4 is 22.2 Å². The van der Waals surface area contributed by atoms with Crippen LogP contribution in [0.25, 0.3) is 16.9 Å². The Hall–Kier alpha value is -3.19. The van der Waals surface area contributed by atoms with Gasteiger partial charge in [0.05, 0.1) is 18.6 Å². The van der Waals surface area contributed by atoms with E-state index in [0.29, 0.717) is 29.1 Å². The number of rotatable bonds is 7. The maximum Gasteiger partial charge on any atom is 0.187 e. The molecule has 5 rings (SSSR count). The lowest BCUT2D eigenvalue weighted by Gasteiger charge is -2.21. The van der Waals surface area contributed by atoms with Crippen molar-refractivity contribution in [1.82, 2.24) is 14.5 Å². The number of thiazole rings is 1. The summed E-state index contributed by atoms with van der Waals surface area (Å²) in [7, 11) is 0. The Balaban J connectivity index is 1.22. The molecule has 0 aliphatic heterocycles. The quantitative estimate of drug-likeness (QED) is 0.336. The van der Waals surface area contributed by atoms with Crippen LogP contribution in [0.2, 0.25) is 0 Å². The average Bonchev–Trinajstić information content (AvgIpc) is 3.52. The molecule has 2 aromatic carbocycles. The third-order valence-corrected chi connectivity index (χ3v) is 6.61. The van der Waals surface area contributed by atoms with Crippen molar-refractivity contribution in [3.05, 3.63) is 72.4 Å². The minimum Gasteiger partial charge on any atom is -0.490 e. The highest BCUT2D eigenvalue weighted by atomic mass is 32.1. The molecular weight excluding hydrogens is 423 g/mol. The van der Waals surface area contributed by atoms with Gasteiger partial charge in [-0.3, -0.25) is 0 Å². The van der Waals surface area contributed by atoms with Crippen LogP contribution in [0.1, 0.15) is 32.1 Å². The molecule has 1 N–H and O–H groups in total. The zero-order valence-electron chi connectivity index (χ0n) is 17.7. The summed E-state index contributed by atoms with van der Waals surface area (Å²) < 4.78 is 22.3. The summed E-state index contributed by atoms with van der Waals surface area (Å²) in [6, 6.07) is 13.1. The molecule has 4 aromatic rings. The van der Waals surface area contributed by atoms with Crippen LogP contribution < -0.4 is 10.1 Å². The lowest BCUT2D eigenvalue weighted by Crippen LogP contribution is -2.15. The topological polar surface area (TPSA) is 52.0 Å². The van der Waals surface area contributed by atoms with Crippen LogP contribution in [0.3, 0.4) is 0 Å². The van der Waals surface area contributed by atoms with Crippen LogP contribution in [0, 0.1) is 11.7 Å². The molecule has 2 heterocycles. The highest BCUT2D eigenvalue weighted by molar-refractivity contribution is 7.14. The Morgan fingerprint density at radius 3 is 2.69 bits per heavy atom. The number of nitrogens with zero attached hydrogens (tertiary/aromatic N) is 3. The first-order valence-electron chi connectivity index (χ1n) is 11.0. The number of hydrogen-bond acceptors (Lipinski definition) is 5. The molecule has 1 aliphatic carbocycles. The SMILES string of the molecule is Fc1cc(Nc2nc(-c3ccc(-n4ccnc4)cc3)cs2)ccc1OCC1CCCCC1. The third kappa shape index (κ3) is 4.83. The van der Waals surface area contributed by atoms with Crippen LogP contribution in [0.5, 0.6) is 5.75 Å². The van der Waals surface area contributed by atoms with E-state index in [0.717, 1.165) is 16.9 Å². The van der Waals surface area contributed by atoms with E-state index in [2.05, 4.69) is 15.3 Å². The van der Waals surface area contributed by atoms with Crippen molar-refractivity contribution in [2.24, 2.45) is 5.92 Å². The third-order valence-electron chi connectivity index (χ3n) is 5.85. The molecule has 1 fully saturated rings. The first-order valence-corrected chi connectivity index (χ1v) is 11.9. The Labute approximate surface area is 190 Å². The molecule has 0 radical (unpaired) electrons. The molecule has 0 atom stereocenters. The maximum absolute atomic E-state index is 14.5. The van der Waals surface area contributed by atoms with E-state index >= 15 is 0 Å². The Kier molecular flexibility index (Phi) is 6.16. The normalized spacial score (nSPS) is 14.4. The van der Waals surface area contributed by atoms with Gasteiger partial charge in [0, 0.05) is 40.8 Å². The molecule has 1 aliphatic rings. The van der Waals surface area contributed by atoms with Crippen LogP contribution in [-0.4, -0.2) is 21.1 Å². The van der Waals surface area contributed by atoms with Crippen molar-refractivity contribution in [1.29, 1.82) is 0 Å². The summed E-state index contributed by atoms with van der Waals surface area (Å²) in [6.07, 6.45) is 11.6. The summed E-state index contributed by atoms with van der Waals surface area (Å²) in [4.78, 5) is 8.73. The lowest BCUT2D eigenvalue weighted by atomic mass is 9.90. The summed E-state index contributed by atoms with van der Waals surface area (Å²) in [5.74, 6) is 0.514. The van der Waals surface area contributed by atoms with E-state index in [-0.39, 0.29) is 5.82 Å². The van der Waals surface area contributed by atoms with Gasteiger partial charge in [-0.25, -0.2) is 14.4 Å². The summed E-state index contributed by atoms with van der Waals surface area (Å²) in [6.45, 7) is 0.596. The summed E-state index contributed by atoms with van der Waals surface area (Å²) >= 11 is 1.49. The van der Waals surface area contributed by atoms with Gasteiger partial charge in [-0.1, -0.05) is 31.4 Å². The van der Waals surface area contributed by atoms with Gasteiger partial charge in [-0.15, -0.1) is 11.3 Å². The highest BCUT2D eigenvalue weighted by Gasteiger charge is 2.15. The molecule has 0 spiro atoms. The molecule has 1 saturated carbocycles. The van der Waals surface area contributed by atoms with Gasteiger partial charge in [0.2, 0.25) is 0 Å². The molecule has 7 heteroatoms. The minimum atomic E-state index is -0.349. The second kappa shape index (κ2) is 9.53. The molecule has 164 valence electrons. The highest BCUT2D eigenvalue weighted by Crippen LogP contribution is 2.30. The Morgan fingerprint density at radius 2 is 1.94 bits per heavy atom. The Bertz CT molecular complexity index is 1150. The standard InChI is InChI=1S/C25H25FN4OS/c26-22-14-20(8-11-24(22)31-15-18-4-2-1-3-5-18)28-25-29-23(16-32-25)19-6-9-21(10-7-19)30-13-12-27-17-30/h6-14,16-18H,1-5,15H2,(H,28,29). The van der Waals surface area contributed by atoms with Crippen molar-refractivity contribution < 1.29 is 9.13 Å². The number of hydrogen-bond donors (Lipinski definition) is 1. The number of halogens is 1. The second-order valence-electron chi connectivity index (χ2n) is 8.14. The number of ether oxygens (including phenoxy) is 1. The molecule has 0 amide bonds. The van der Waals surface area contributed by atoms with E-state index in [1.807, 2.05) is 46.5 Å². The first-order chi connectivity index (χ1) is 15.7. The van der Waals surface area contributed by atoms with Gasteiger partial charge in [-0.2, -0.15) is 0 Å². The van der Waals surface area contributed by atoms with Gasteiger partial charge in [0.15, 0.2) is 16.7 Å². The lowest BCUT2D eigenvalue weighted by molar-refractivity contribution is 0.202. The fraction of sp³-hybridized carbons (Fsp3) is 0.280. The Morgan fingerprint density at radius 1 is 1.09 bits per heavy atom. The van der Waals surface area contributed by atoms with Crippen molar-refractivity contribution in [3.8, 4) is 22.7 Å². The van der Waals surface area contributed by atoms with Gasteiger partial charge in [-0.05, 0) is 43.0 Å². The molecule has 0 bridgehead atoms. The average molecular weight is 449 g/mol. The van der Waals surface area contributed by atoms with E-state index < -0.39 is 0 Å². The maximum atomic E-state index is 14.5. The van der Waals surface area contributed by atoms with E-state index in [1.165, 1.54) is 49.5 Å². The van der Waals surface area contributed by atoms with Crippen molar-refractivity contribution in [2.45, 2.75) is 32.1 Å². The number of imidazole rings is 1. The van der Waals surface area contributed by atoms with Crippen molar-refractivity contribution in [3.63, 3.8) is 0 Å². The number of aromatic nitrogens is 3. The largest absolute Gasteiger partial charge is 0.490 e. The van der Waals surface area contributed by atoms with Crippen LogP contribution in [-0.2, 0) is 0 Å². The zero-order chi connectivity index (χ0) is 21.8. The van der Waals surface area contributed by atoms with Gasteiger partial charge < -0.3 is 14.6 Å². The van der Waals surface area contributed by atoms with Crippen LogP contribution in [0.15, 0.2) is 66.6 Å². The van der Waals surface area contributed by atoms with Crippen molar-refractivity contribution in [2.75, 3.05) is 11.9 Å². The molecule has 5 nitrogen and oxygen atoms in total. The number of benzene rings is 2. The molecule has 32 heavy (non-hydrogen) atoms. The molecule has 0 unspecified atom stereocenters. The second-order valence-corrected chi connectivity index (χ2v) is 9.00.